The van der Waals surface area contributed by atoms with Crippen molar-refractivity contribution in [2.24, 2.45) is 5.41 Å². The van der Waals surface area contributed by atoms with Crippen LogP contribution >= 0.6 is 63.7 Å². The van der Waals surface area contributed by atoms with E-state index in [9.17, 15) is 14.4 Å². The van der Waals surface area contributed by atoms with Gasteiger partial charge in [0.1, 0.15) is 19.8 Å². The Bertz CT molecular complexity index is 597. The molecule has 10 heteroatoms. The van der Waals surface area contributed by atoms with E-state index in [-0.39, 0.29) is 24.0 Å². The van der Waals surface area contributed by atoms with Crippen LogP contribution in [-0.4, -0.2) is 58.5 Å². The first-order chi connectivity index (χ1) is 13.9. The summed E-state index contributed by atoms with van der Waals surface area (Å²) < 4.78 is 15.1. The summed E-state index contributed by atoms with van der Waals surface area (Å²) in [4.78, 5) is 33.8. The molecule has 0 amide bonds. The number of rotatable bonds is 12. The quantitative estimate of drug-likeness (QED) is 0.121. The van der Waals surface area contributed by atoms with Crippen LogP contribution in [0.2, 0.25) is 0 Å². The second-order valence-corrected chi connectivity index (χ2v) is 9.67. The second kappa shape index (κ2) is 17.1. The molecule has 172 valence electrons. The highest BCUT2D eigenvalue weighted by molar-refractivity contribution is 9.12. The summed E-state index contributed by atoms with van der Waals surface area (Å²) >= 11 is 13.2. The molecule has 0 aliphatic heterocycles. The minimum atomic E-state index is -0.518. The van der Waals surface area contributed by atoms with E-state index in [2.05, 4.69) is 83.5 Å². The third-order valence-corrected chi connectivity index (χ3v) is 7.81. The molecule has 1 unspecified atom stereocenters. The summed E-state index contributed by atoms with van der Waals surface area (Å²) in [5.41, 5.74) is 0.573. The van der Waals surface area contributed by atoms with Crippen molar-refractivity contribution in [3.8, 4) is 0 Å². The Morgan fingerprint density at radius 1 is 0.767 bits per heavy atom. The Labute approximate surface area is 212 Å². The Kier molecular flexibility index (Phi) is 18.1. The maximum atomic E-state index is 11.4. The van der Waals surface area contributed by atoms with Crippen LogP contribution < -0.4 is 0 Å². The highest BCUT2D eigenvalue weighted by Crippen LogP contribution is 2.25. The molecule has 0 aromatic carbocycles. The van der Waals surface area contributed by atoms with Crippen LogP contribution in [0.4, 0.5) is 0 Å². The molecular weight excluding hydrogens is 656 g/mol. The van der Waals surface area contributed by atoms with Gasteiger partial charge in [-0.1, -0.05) is 83.5 Å². The Hall–Kier alpha value is -0.450. The normalized spacial score (nSPS) is 11.3. The van der Waals surface area contributed by atoms with Crippen LogP contribution in [0.1, 0.15) is 20.8 Å². The van der Waals surface area contributed by atoms with Gasteiger partial charge < -0.3 is 14.2 Å². The number of alkyl halides is 4. The lowest BCUT2D eigenvalue weighted by Crippen LogP contribution is -2.37. The van der Waals surface area contributed by atoms with E-state index >= 15 is 0 Å². The molecule has 0 aliphatic carbocycles. The standard InChI is InChI=1S/C13H18Br2O4.C7H10Br2O2/c1-9(2)11(16)18-7-13(5-14,6-15)8-19-12(17)10(3)4;1-5(2)7(10)11-4-6(9)3-8/h1,3,5-8H2,2,4H3;6H,1,3-4H2,2H3. The first kappa shape index (κ1) is 31.7. The molecule has 6 nitrogen and oxygen atoms in total. The van der Waals surface area contributed by atoms with Gasteiger partial charge in [0.05, 0.1) is 10.2 Å². The molecule has 0 fully saturated rings. The largest absolute Gasteiger partial charge is 0.462 e. The minimum Gasteiger partial charge on any atom is -0.462 e. The van der Waals surface area contributed by atoms with Crippen molar-refractivity contribution in [3.05, 3.63) is 36.5 Å². The minimum absolute atomic E-state index is 0.124. The lowest BCUT2D eigenvalue weighted by molar-refractivity contribution is -0.147. The number of ether oxygens (including phenoxy) is 3. The van der Waals surface area contributed by atoms with Gasteiger partial charge in [-0.05, 0) is 20.8 Å². The summed E-state index contributed by atoms with van der Waals surface area (Å²) in [6.45, 7) is 15.9. The maximum Gasteiger partial charge on any atom is 0.333 e. The lowest BCUT2D eigenvalue weighted by atomic mass is 9.96. The molecule has 0 N–H and O–H groups in total. The molecule has 0 aliphatic rings. The fourth-order valence-electron chi connectivity index (χ4n) is 1.25. The predicted molar refractivity (Wildman–Crippen MR) is 134 cm³/mol. The highest BCUT2D eigenvalue weighted by atomic mass is 79.9. The van der Waals surface area contributed by atoms with E-state index in [4.69, 9.17) is 14.2 Å². The fraction of sp³-hybridized carbons (Fsp3) is 0.550. The maximum absolute atomic E-state index is 11.4. The first-order valence-electron chi connectivity index (χ1n) is 8.65. The second-order valence-electron chi connectivity index (χ2n) is 6.61. The van der Waals surface area contributed by atoms with E-state index in [1.54, 1.807) is 20.8 Å². The van der Waals surface area contributed by atoms with Gasteiger partial charge in [0, 0.05) is 32.7 Å². The van der Waals surface area contributed by atoms with Crippen molar-refractivity contribution in [2.75, 3.05) is 35.8 Å². The van der Waals surface area contributed by atoms with E-state index in [1.807, 2.05) is 0 Å². The molecule has 0 aromatic heterocycles. The number of carbonyl (C=O) groups excluding carboxylic acids is 3. The molecular formula is C20H28Br4O6. The number of carbonyl (C=O) groups is 3. The number of hydrogen-bond acceptors (Lipinski definition) is 6. The van der Waals surface area contributed by atoms with E-state index in [0.29, 0.717) is 34.0 Å². The molecule has 0 rings (SSSR count). The van der Waals surface area contributed by atoms with Crippen LogP contribution in [0.5, 0.6) is 0 Å². The monoisotopic (exact) mass is 680 g/mol. The number of esters is 3. The van der Waals surface area contributed by atoms with Crippen LogP contribution in [-0.2, 0) is 28.6 Å². The third-order valence-electron chi connectivity index (χ3n) is 3.19. The molecule has 0 heterocycles. The summed E-state index contributed by atoms with van der Waals surface area (Å²) in [5, 5.41) is 1.78. The molecule has 30 heavy (non-hydrogen) atoms. The summed E-state index contributed by atoms with van der Waals surface area (Å²) in [6, 6.07) is 0. The van der Waals surface area contributed by atoms with Gasteiger partial charge in [0.25, 0.3) is 0 Å². The summed E-state index contributed by atoms with van der Waals surface area (Å²) in [5.74, 6) is -1.26. The average molecular weight is 684 g/mol. The van der Waals surface area contributed by atoms with Gasteiger partial charge in [-0.25, -0.2) is 14.4 Å². The van der Waals surface area contributed by atoms with Crippen molar-refractivity contribution >= 4 is 81.6 Å². The van der Waals surface area contributed by atoms with Gasteiger partial charge >= 0.3 is 17.9 Å². The van der Waals surface area contributed by atoms with Crippen molar-refractivity contribution in [3.63, 3.8) is 0 Å². The Morgan fingerprint density at radius 2 is 1.10 bits per heavy atom. The average Bonchev–Trinajstić information content (AvgIpc) is 2.71. The number of halogens is 4. The smallest absolute Gasteiger partial charge is 0.333 e. The lowest BCUT2D eigenvalue weighted by Gasteiger charge is -2.28. The van der Waals surface area contributed by atoms with Crippen molar-refractivity contribution in [2.45, 2.75) is 25.6 Å². The van der Waals surface area contributed by atoms with E-state index < -0.39 is 17.4 Å². The Balaban J connectivity index is 0. The van der Waals surface area contributed by atoms with Crippen molar-refractivity contribution in [1.82, 2.24) is 0 Å². The van der Waals surface area contributed by atoms with Crippen LogP contribution in [0, 0.1) is 5.41 Å². The molecule has 0 aromatic rings. The number of hydrogen-bond donors (Lipinski definition) is 0. The van der Waals surface area contributed by atoms with Gasteiger partial charge in [0.15, 0.2) is 0 Å². The molecule has 1 atom stereocenters. The molecule has 0 saturated carbocycles. The molecule has 0 bridgehead atoms. The first-order valence-corrected chi connectivity index (χ1v) is 12.9. The summed E-state index contributed by atoms with van der Waals surface area (Å²) in [6.07, 6.45) is 0. The van der Waals surface area contributed by atoms with E-state index in [0.717, 1.165) is 5.33 Å². The van der Waals surface area contributed by atoms with Crippen molar-refractivity contribution in [1.29, 1.82) is 0 Å². The van der Waals surface area contributed by atoms with Crippen molar-refractivity contribution < 1.29 is 28.6 Å². The highest BCUT2D eigenvalue weighted by Gasteiger charge is 2.32. The van der Waals surface area contributed by atoms with Gasteiger partial charge in [-0.15, -0.1) is 0 Å². The van der Waals surface area contributed by atoms with Crippen LogP contribution in [0.3, 0.4) is 0 Å². The fourth-order valence-corrected chi connectivity index (χ4v) is 3.14. The van der Waals surface area contributed by atoms with Crippen LogP contribution in [0.25, 0.3) is 0 Å². The van der Waals surface area contributed by atoms with Crippen LogP contribution in [0.15, 0.2) is 36.5 Å². The zero-order valence-corrected chi connectivity index (χ0v) is 23.7. The Morgan fingerprint density at radius 3 is 1.37 bits per heavy atom. The molecule has 0 saturated heterocycles. The molecule has 0 radical (unpaired) electrons. The SMILES string of the molecule is C=C(C)C(=O)OCC(Br)CBr.C=C(C)C(=O)OCC(CBr)(CBr)COC(=O)C(=C)C. The van der Waals surface area contributed by atoms with Gasteiger partial charge in [-0.3, -0.25) is 0 Å². The zero-order valence-electron chi connectivity index (χ0n) is 17.4. The van der Waals surface area contributed by atoms with Gasteiger partial charge in [0.2, 0.25) is 0 Å². The van der Waals surface area contributed by atoms with Gasteiger partial charge in [-0.2, -0.15) is 0 Å². The van der Waals surface area contributed by atoms with E-state index in [1.165, 1.54) is 0 Å². The predicted octanol–water partition coefficient (Wildman–Crippen LogP) is 5.27. The topological polar surface area (TPSA) is 78.9 Å². The summed E-state index contributed by atoms with van der Waals surface area (Å²) in [7, 11) is 0. The third kappa shape index (κ3) is 14.5. The zero-order chi connectivity index (χ0) is 23.9. The molecule has 0 spiro atoms.